The first-order valence-electron chi connectivity index (χ1n) is 6.80. The van der Waals surface area contributed by atoms with Gasteiger partial charge in [-0.2, -0.15) is 0 Å². The molecule has 118 valence electrons. The minimum absolute atomic E-state index is 0.0681. The second-order valence-corrected chi connectivity index (χ2v) is 5.40. The highest BCUT2D eigenvalue weighted by Crippen LogP contribution is 2.32. The van der Waals surface area contributed by atoms with Crippen LogP contribution in [0, 0.1) is 11.6 Å². The number of benzene rings is 2. The van der Waals surface area contributed by atoms with Crippen LogP contribution in [0.15, 0.2) is 48.7 Å². The molecule has 0 N–H and O–H groups in total. The zero-order valence-corrected chi connectivity index (χ0v) is 12.8. The molecular formula is C17H12ClF2NO2. The summed E-state index contributed by atoms with van der Waals surface area (Å²) >= 11 is 6.08. The first kappa shape index (κ1) is 15.5. The van der Waals surface area contributed by atoms with Crippen LogP contribution in [0.4, 0.5) is 8.78 Å². The Morgan fingerprint density at radius 2 is 2.00 bits per heavy atom. The molecule has 0 amide bonds. The number of ether oxygens (including phenoxy) is 1. The molecule has 1 atom stereocenters. The smallest absolute Gasteiger partial charge is 0.333 e. The Labute approximate surface area is 136 Å². The number of aromatic nitrogens is 1. The fourth-order valence-corrected chi connectivity index (χ4v) is 2.89. The van der Waals surface area contributed by atoms with E-state index in [9.17, 15) is 13.6 Å². The first-order chi connectivity index (χ1) is 11.0. The summed E-state index contributed by atoms with van der Waals surface area (Å²) in [6.07, 6.45) is 1.58. The SMILES string of the molecule is COC(=O)C(c1ccc(F)cc1Cl)n1ccc2cccc(F)c21. The lowest BCUT2D eigenvalue weighted by Gasteiger charge is -2.19. The van der Waals surface area contributed by atoms with Crippen molar-refractivity contribution in [3.63, 3.8) is 0 Å². The normalized spacial score (nSPS) is 12.3. The maximum atomic E-state index is 14.2. The number of carbonyl (C=O) groups is 1. The molecule has 0 saturated heterocycles. The third-order valence-electron chi connectivity index (χ3n) is 3.65. The Hall–Kier alpha value is -2.40. The van der Waals surface area contributed by atoms with Gasteiger partial charge in [-0.3, -0.25) is 0 Å². The summed E-state index contributed by atoms with van der Waals surface area (Å²) in [4.78, 5) is 12.3. The van der Waals surface area contributed by atoms with Crippen LogP contribution >= 0.6 is 11.6 Å². The Morgan fingerprint density at radius 3 is 2.70 bits per heavy atom. The first-order valence-corrected chi connectivity index (χ1v) is 7.18. The highest BCUT2D eigenvalue weighted by atomic mass is 35.5. The van der Waals surface area contributed by atoms with Crippen molar-refractivity contribution in [2.75, 3.05) is 7.11 Å². The van der Waals surface area contributed by atoms with Gasteiger partial charge in [0.05, 0.1) is 12.6 Å². The number of fused-ring (bicyclic) bond motifs is 1. The van der Waals surface area contributed by atoms with Crippen molar-refractivity contribution in [1.29, 1.82) is 0 Å². The van der Waals surface area contributed by atoms with E-state index in [2.05, 4.69) is 0 Å². The molecule has 3 nitrogen and oxygen atoms in total. The number of methoxy groups -OCH3 is 1. The van der Waals surface area contributed by atoms with Gasteiger partial charge in [0, 0.05) is 22.2 Å². The lowest BCUT2D eigenvalue weighted by atomic mass is 10.1. The molecule has 3 aromatic rings. The monoisotopic (exact) mass is 335 g/mol. The molecule has 2 aromatic carbocycles. The number of esters is 1. The van der Waals surface area contributed by atoms with Gasteiger partial charge < -0.3 is 9.30 Å². The van der Waals surface area contributed by atoms with E-state index < -0.39 is 23.6 Å². The lowest BCUT2D eigenvalue weighted by molar-refractivity contribution is -0.143. The molecule has 6 heteroatoms. The number of nitrogens with zero attached hydrogens (tertiary/aromatic N) is 1. The van der Waals surface area contributed by atoms with Crippen molar-refractivity contribution in [2.24, 2.45) is 0 Å². The minimum Gasteiger partial charge on any atom is -0.467 e. The third-order valence-corrected chi connectivity index (χ3v) is 3.98. The Bertz CT molecular complexity index is 891. The van der Waals surface area contributed by atoms with E-state index in [4.69, 9.17) is 16.3 Å². The quantitative estimate of drug-likeness (QED) is 0.667. The maximum Gasteiger partial charge on any atom is 0.333 e. The van der Waals surface area contributed by atoms with E-state index in [-0.39, 0.29) is 10.5 Å². The van der Waals surface area contributed by atoms with Crippen LogP contribution in [-0.4, -0.2) is 17.6 Å². The third kappa shape index (κ3) is 2.68. The zero-order valence-electron chi connectivity index (χ0n) is 12.1. The van der Waals surface area contributed by atoms with Crippen molar-refractivity contribution in [1.82, 2.24) is 4.57 Å². The second kappa shape index (κ2) is 6.01. The Morgan fingerprint density at radius 1 is 1.22 bits per heavy atom. The molecule has 23 heavy (non-hydrogen) atoms. The molecule has 1 aromatic heterocycles. The van der Waals surface area contributed by atoms with Gasteiger partial charge in [-0.1, -0.05) is 29.8 Å². The summed E-state index contributed by atoms with van der Waals surface area (Å²) in [7, 11) is 1.23. The van der Waals surface area contributed by atoms with E-state index in [1.165, 1.54) is 29.9 Å². The molecule has 0 bridgehead atoms. The van der Waals surface area contributed by atoms with Crippen LogP contribution in [0.3, 0.4) is 0 Å². The largest absolute Gasteiger partial charge is 0.467 e. The van der Waals surface area contributed by atoms with E-state index in [1.807, 2.05) is 0 Å². The molecule has 0 saturated carbocycles. The number of carbonyl (C=O) groups excluding carboxylic acids is 1. The molecule has 0 spiro atoms. The molecule has 0 aliphatic carbocycles. The molecule has 1 unspecified atom stereocenters. The van der Waals surface area contributed by atoms with E-state index in [0.29, 0.717) is 10.9 Å². The van der Waals surface area contributed by atoms with E-state index in [0.717, 1.165) is 6.07 Å². The van der Waals surface area contributed by atoms with Gasteiger partial charge in [0.15, 0.2) is 6.04 Å². The average molecular weight is 336 g/mol. The van der Waals surface area contributed by atoms with Gasteiger partial charge in [0.1, 0.15) is 11.6 Å². The molecule has 0 radical (unpaired) electrons. The van der Waals surface area contributed by atoms with Crippen LogP contribution in [0.25, 0.3) is 10.9 Å². The highest BCUT2D eigenvalue weighted by molar-refractivity contribution is 6.31. The lowest BCUT2D eigenvalue weighted by Crippen LogP contribution is -2.22. The van der Waals surface area contributed by atoms with Crippen molar-refractivity contribution in [2.45, 2.75) is 6.04 Å². The van der Waals surface area contributed by atoms with Crippen molar-refractivity contribution >= 4 is 28.5 Å². The van der Waals surface area contributed by atoms with Crippen molar-refractivity contribution in [3.8, 4) is 0 Å². The summed E-state index contributed by atoms with van der Waals surface area (Å²) < 4.78 is 33.8. The summed E-state index contributed by atoms with van der Waals surface area (Å²) in [6.45, 7) is 0. The summed E-state index contributed by atoms with van der Waals surface area (Å²) in [5.74, 6) is -1.62. The average Bonchev–Trinajstić information content (AvgIpc) is 2.94. The number of rotatable bonds is 3. The molecule has 0 aliphatic rings. The molecule has 0 aliphatic heterocycles. The topological polar surface area (TPSA) is 31.2 Å². The molecular weight excluding hydrogens is 324 g/mol. The molecule has 3 rings (SSSR count). The maximum absolute atomic E-state index is 14.2. The van der Waals surface area contributed by atoms with Gasteiger partial charge in [-0.15, -0.1) is 0 Å². The van der Waals surface area contributed by atoms with E-state index in [1.54, 1.807) is 24.4 Å². The standard InChI is InChI=1S/C17H12ClF2NO2/c1-23-17(22)16(12-6-5-11(19)9-13(12)18)21-8-7-10-3-2-4-14(20)15(10)21/h2-9,16H,1H3. The number of halogens is 3. The predicted molar refractivity (Wildman–Crippen MR) is 83.5 cm³/mol. The number of hydrogen-bond acceptors (Lipinski definition) is 2. The van der Waals surface area contributed by atoms with Crippen LogP contribution in [0.5, 0.6) is 0 Å². The number of para-hydroxylation sites is 1. The highest BCUT2D eigenvalue weighted by Gasteiger charge is 2.27. The minimum atomic E-state index is -1.01. The van der Waals surface area contributed by atoms with Crippen LogP contribution in [0.1, 0.15) is 11.6 Å². The van der Waals surface area contributed by atoms with E-state index >= 15 is 0 Å². The molecule has 0 fully saturated rings. The second-order valence-electron chi connectivity index (χ2n) is 4.99. The van der Waals surface area contributed by atoms with Crippen molar-refractivity contribution < 1.29 is 18.3 Å². The van der Waals surface area contributed by atoms with Gasteiger partial charge in [-0.05, 0) is 24.3 Å². The fourth-order valence-electron chi connectivity index (χ4n) is 2.61. The van der Waals surface area contributed by atoms with Gasteiger partial charge in [0.2, 0.25) is 0 Å². The zero-order chi connectivity index (χ0) is 16.6. The van der Waals surface area contributed by atoms with Gasteiger partial charge in [-0.25, -0.2) is 13.6 Å². The van der Waals surface area contributed by atoms with Crippen LogP contribution in [0.2, 0.25) is 5.02 Å². The van der Waals surface area contributed by atoms with Gasteiger partial charge >= 0.3 is 5.97 Å². The molecule has 1 heterocycles. The predicted octanol–water partition coefficient (Wildman–Crippen LogP) is 4.34. The summed E-state index contributed by atoms with van der Waals surface area (Å²) in [6, 6.07) is 8.99. The van der Waals surface area contributed by atoms with Crippen LogP contribution < -0.4 is 0 Å². The Kier molecular flexibility index (Phi) is 4.05. The summed E-state index contributed by atoms with van der Waals surface area (Å²) in [5, 5.41) is 0.704. The fraction of sp³-hybridized carbons (Fsp3) is 0.118. The van der Waals surface area contributed by atoms with Crippen molar-refractivity contribution in [3.05, 3.63) is 70.9 Å². The van der Waals surface area contributed by atoms with Gasteiger partial charge in [0.25, 0.3) is 0 Å². The van der Waals surface area contributed by atoms with Crippen LogP contribution in [-0.2, 0) is 9.53 Å². The number of hydrogen-bond donors (Lipinski definition) is 0. The summed E-state index contributed by atoms with van der Waals surface area (Å²) in [5.41, 5.74) is 0.587. The Balaban J connectivity index is 2.25.